The molecule has 0 radical (unpaired) electrons. The van der Waals surface area contributed by atoms with Crippen LogP contribution >= 0.6 is 0 Å². The Labute approximate surface area is 207 Å². The highest BCUT2D eigenvalue weighted by Gasteiger charge is 2.29. The summed E-state index contributed by atoms with van der Waals surface area (Å²) < 4.78 is 1.80. The highest BCUT2D eigenvalue weighted by molar-refractivity contribution is 5.96. The van der Waals surface area contributed by atoms with Crippen LogP contribution < -0.4 is 0 Å². The summed E-state index contributed by atoms with van der Waals surface area (Å²) in [7, 11) is 1.92. The van der Waals surface area contributed by atoms with Gasteiger partial charge in [-0.3, -0.25) is 4.68 Å². The molecule has 2 saturated heterocycles. The number of hydrogen-bond donors (Lipinski definition) is 1. The average molecular weight is 472 g/mol. The molecule has 0 atom stereocenters. The lowest BCUT2D eigenvalue weighted by atomic mass is 9.87. The summed E-state index contributed by atoms with van der Waals surface area (Å²) in [6, 6.07) is 8.48. The van der Waals surface area contributed by atoms with Crippen molar-refractivity contribution in [1.29, 1.82) is 0 Å². The topological polar surface area (TPSA) is 65.9 Å². The third-order valence-electron chi connectivity index (χ3n) is 8.60. The van der Waals surface area contributed by atoms with Crippen molar-refractivity contribution in [1.82, 2.24) is 34.5 Å². The highest BCUT2D eigenvalue weighted by atomic mass is 15.3. The van der Waals surface area contributed by atoms with E-state index in [2.05, 4.69) is 68.8 Å². The Bertz CT molecular complexity index is 1330. The zero-order valence-corrected chi connectivity index (χ0v) is 21.5. The summed E-state index contributed by atoms with van der Waals surface area (Å²) in [5, 5.41) is 6.67. The second-order valence-electron chi connectivity index (χ2n) is 10.8. The molecule has 2 aliphatic heterocycles. The summed E-state index contributed by atoms with van der Waals surface area (Å²) in [4.78, 5) is 18.1. The van der Waals surface area contributed by atoms with Gasteiger partial charge in [0.15, 0.2) is 5.65 Å². The minimum atomic E-state index is 0.647. The zero-order chi connectivity index (χ0) is 24.1. The van der Waals surface area contributed by atoms with E-state index in [1.807, 2.05) is 13.2 Å². The first-order valence-corrected chi connectivity index (χ1v) is 13.2. The highest BCUT2D eigenvalue weighted by Crippen LogP contribution is 2.36. The average Bonchev–Trinajstić information content (AvgIpc) is 3.43. The number of aromatic nitrogens is 5. The summed E-state index contributed by atoms with van der Waals surface area (Å²) >= 11 is 0. The van der Waals surface area contributed by atoms with Crippen molar-refractivity contribution in [3.05, 3.63) is 41.9 Å². The lowest BCUT2D eigenvalue weighted by Crippen LogP contribution is -2.48. The van der Waals surface area contributed by atoms with Crippen molar-refractivity contribution in [3.63, 3.8) is 0 Å². The third kappa shape index (κ3) is 4.04. The van der Waals surface area contributed by atoms with Crippen molar-refractivity contribution < 1.29 is 0 Å². The maximum Gasteiger partial charge on any atom is 0.161 e. The Morgan fingerprint density at radius 3 is 2.49 bits per heavy atom. The van der Waals surface area contributed by atoms with Gasteiger partial charge in [-0.05, 0) is 102 Å². The molecule has 6 rings (SSSR count). The van der Waals surface area contributed by atoms with E-state index >= 15 is 0 Å². The fraction of sp³-hybridized carbons (Fsp3) is 0.536. The number of fused-ring (bicyclic) bond motifs is 2. The molecule has 3 aromatic heterocycles. The van der Waals surface area contributed by atoms with Gasteiger partial charge in [0.2, 0.25) is 0 Å². The molecule has 35 heavy (non-hydrogen) atoms. The van der Waals surface area contributed by atoms with E-state index in [9.17, 15) is 0 Å². The van der Waals surface area contributed by atoms with Crippen LogP contribution in [0.15, 0.2) is 30.7 Å². The number of H-pyrrole nitrogens is 1. The van der Waals surface area contributed by atoms with Crippen LogP contribution in [0.2, 0.25) is 0 Å². The second kappa shape index (κ2) is 9.03. The van der Waals surface area contributed by atoms with Gasteiger partial charge < -0.3 is 14.8 Å². The number of benzene rings is 1. The van der Waals surface area contributed by atoms with E-state index in [0.29, 0.717) is 12.0 Å². The van der Waals surface area contributed by atoms with E-state index in [0.717, 1.165) is 28.5 Å². The van der Waals surface area contributed by atoms with Crippen LogP contribution in [-0.4, -0.2) is 72.8 Å². The minimum absolute atomic E-state index is 0.647. The Balaban J connectivity index is 1.19. The molecule has 7 nitrogen and oxygen atoms in total. The van der Waals surface area contributed by atoms with E-state index in [1.165, 1.54) is 73.9 Å². The molecule has 2 aliphatic rings. The first-order valence-electron chi connectivity index (χ1n) is 13.2. The van der Waals surface area contributed by atoms with Gasteiger partial charge in [-0.1, -0.05) is 6.07 Å². The van der Waals surface area contributed by atoms with Crippen molar-refractivity contribution in [3.8, 4) is 11.4 Å². The standard InChI is InChI=1S/C28H37N7/c1-18(2)34-13-9-22(10-14-34)35-11-7-20(8-12-35)21-5-6-25-23(15-21)19(3)26(32-25)27-24-16-31-33(4)28(24)30-17-29-27/h5-6,15-18,20,22,32H,7-14H2,1-4H3. The normalized spacial score (nSPS) is 19.5. The van der Waals surface area contributed by atoms with Gasteiger partial charge in [0.1, 0.15) is 12.0 Å². The largest absolute Gasteiger partial charge is 0.353 e. The number of hydrogen-bond acceptors (Lipinski definition) is 5. The molecule has 0 spiro atoms. The monoisotopic (exact) mass is 471 g/mol. The maximum absolute atomic E-state index is 4.62. The molecular formula is C28H37N7. The number of rotatable bonds is 4. The van der Waals surface area contributed by atoms with Crippen LogP contribution in [0.25, 0.3) is 33.3 Å². The molecule has 0 saturated carbocycles. The summed E-state index contributed by atoms with van der Waals surface area (Å²) in [6.07, 6.45) is 8.67. The van der Waals surface area contributed by atoms with Crippen LogP contribution in [0.3, 0.4) is 0 Å². The Morgan fingerprint density at radius 1 is 0.971 bits per heavy atom. The molecule has 2 fully saturated rings. The van der Waals surface area contributed by atoms with Crippen molar-refractivity contribution >= 4 is 21.9 Å². The number of aromatic amines is 1. The number of likely N-dealkylation sites (tertiary alicyclic amines) is 2. The van der Waals surface area contributed by atoms with E-state index < -0.39 is 0 Å². The quantitative estimate of drug-likeness (QED) is 0.460. The van der Waals surface area contributed by atoms with Crippen LogP contribution in [0.5, 0.6) is 0 Å². The van der Waals surface area contributed by atoms with Crippen molar-refractivity contribution in [2.24, 2.45) is 7.05 Å². The molecule has 1 aromatic carbocycles. The van der Waals surface area contributed by atoms with Gasteiger partial charge in [-0.15, -0.1) is 0 Å². The summed E-state index contributed by atoms with van der Waals surface area (Å²) in [5.74, 6) is 0.647. The smallest absolute Gasteiger partial charge is 0.161 e. The summed E-state index contributed by atoms with van der Waals surface area (Å²) in [6.45, 7) is 11.8. The first kappa shape index (κ1) is 22.7. The van der Waals surface area contributed by atoms with Gasteiger partial charge in [-0.2, -0.15) is 5.10 Å². The van der Waals surface area contributed by atoms with Crippen molar-refractivity contribution in [2.75, 3.05) is 26.2 Å². The Morgan fingerprint density at radius 2 is 1.74 bits per heavy atom. The zero-order valence-electron chi connectivity index (χ0n) is 21.5. The molecule has 0 bridgehead atoms. The van der Waals surface area contributed by atoms with Gasteiger partial charge in [0.05, 0.1) is 17.3 Å². The van der Waals surface area contributed by atoms with Gasteiger partial charge >= 0.3 is 0 Å². The SMILES string of the molecule is Cc1c(-c2ncnc3c2cnn3C)[nH]c2ccc(C3CCN(C4CCN(C(C)C)CC4)CC3)cc12. The van der Waals surface area contributed by atoms with Gasteiger partial charge in [-0.25, -0.2) is 9.97 Å². The van der Waals surface area contributed by atoms with E-state index in [4.69, 9.17) is 0 Å². The summed E-state index contributed by atoms with van der Waals surface area (Å²) in [5.41, 5.74) is 6.76. The predicted octanol–water partition coefficient (Wildman–Crippen LogP) is 4.87. The van der Waals surface area contributed by atoms with Crippen LogP contribution in [-0.2, 0) is 7.05 Å². The Kier molecular flexibility index (Phi) is 5.85. The number of nitrogens with one attached hydrogen (secondary N) is 1. The Hall–Kier alpha value is -2.77. The fourth-order valence-electron chi connectivity index (χ4n) is 6.36. The molecule has 184 valence electrons. The van der Waals surface area contributed by atoms with E-state index in [1.54, 1.807) is 11.0 Å². The van der Waals surface area contributed by atoms with Crippen molar-refractivity contribution in [2.45, 2.75) is 64.5 Å². The molecule has 4 aromatic rings. The van der Waals surface area contributed by atoms with Crippen LogP contribution in [0, 0.1) is 6.92 Å². The predicted molar refractivity (Wildman–Crippen MR) is 142 cm³/mol. The van der Waals surface area contributed by atoms with Gasteiger partial charge in [0, 0.05) is 30.0 Å². The number of aryl methyl sites for hydroxylation is 2. The minimum Gasteiger partial charge on any atom is -0.353 e. The lowest BCUT2D eigenvalue weighted by Gasteiger charge is -2.42. The molecule has 5 heterocycles. The maximum atomic E-state index is 4.62. The van der Waals surface area contributed by atoms with Crippen LogP contribution in [0.1, 0.15) is 56.6 Å². The molecule has 1 N–H and O–H groups in total. The molecule has 7 heteroatoms. The first-order chi connectivity index (χ1) is 17.0. The number of nitrogens with zero attached hydrogens (tertiary/aromatic N) is 6. The third-order valence-corrected chi connectivity index (χ3v) is 8.60. The molecular weight excluding hydrogens is 434 g/mol. The molecule has 0 aliphatic carbocycles. The van der Waals surface area contributed by atoms with E-state index in [-0.39, 0.29) is 0 Å². The second-order valence-corrected chi connectivity index (χ2v) is 10.8. The fourth-order valence-corrected chi connectivity index (χ4v) is 6.36. The number of piperidine rings is 2. The molecule has 0 unspecified atom stereocenters. The van der Waals surface area contributed by atoms with Crippen LogP contribution in [0.4, 0.5) is 0 Å². The lowest BCUT2D eigenvalue weighted by molar-refractivity contribution is 0.0753. The van der Waals surface area contributed by atoms with Gasteiger partial charge in [0.25, 0.3) is 0 Å². The molecule has 0 amide bonds.